The monoisotopic (exact) mass is 478 g/mol. The number of amides is 1. The largest absolute Gasteiger partial charge is 0.462 e. The highest BCUT2D eigenvalue weighted by atomic mass is 32.2. The number of carbonyl (C=O) groups excluding carboxylic acids is 2. The lowest BCUT2D eigenvalue weighted by Gasteiger charge is -2.39. The number of nitrogens with zero attached hydrogens (tertiary/aromatic N) is 3. The molecule has 9 nitrogen and oxygen atoms in total. The molecular formula is C21H20F2N4O5S. The van der Waals surface area contributed by atoms with Crippen LogP contribution < -0.4 is 9.62 Å². The van der Waals surface area contributed by atoms with E-state index >= 15 is 0 Å². The van der Waals surface area contributed by atoms with E-state index in [0.717, 1.165) is 6.07 Å². The predicted molar refractivity (Wildman–Crippen MR) is 113 cm³/mol. The van der Waals surface area contributed by atoms with Gasteiger partial charge >= 0.3 is 5.97 Å². The van der Waals surface area contributed by atoms with E-state index in [0.29, 0.717) is 0 Å². The van der Waals surface area contributed by atoms with E-state index in [1.165, 1.54) is 29.2 Å². The Kier molecular flexibility index (Phi) is 7.23. The van der Waals surface area contributed by atoms with Crippen molar-refractivity contribution in [3.63, 3.8) is 0 Å². The van der Waals surface area contributed by atoms with Gasteiger partial charge in [-0.2, -0.15) is 5.26 Å². The zero-order valence-electron chi connectivity index (χ0n) is 17.5. The number of esters is 1. The Morgan fingerprint density at radius 1 is 1.33 bits per heavy atom. The number of hydrogen-bond acceptors (Lipinski definition) is 8. The maximum absolute atomic E-state index is 13.7. The Morgan fingerprint density at radius 3 is 2.64 bits per heavy atom. The number of carbonyl (C=O) groups is 2. The van der Waals surface area contributed by atoms with Gasteiger partial charge in [0.25, 0.3) is 0 Å². The topological polar surface area (TPSA) is 129 Å². The molecule has 3 rings (SSSR count). The molecule has 0 saturated carbocycles. The molecule has 2 heterocycles. The molecule has 0 atom stereocenters. The molecule has 0 bridgehead atoms. The minimum absolute atomic E-state index is 0.0127. The van der Waals surface area contributed by atoms with Crippen LogP contribution in [0.15, 0.2) is 30.3 Å². The number of ether oxygens (including phenoxy) is 1. The number of nitrogens with one attached hydrogen (secondary N) is 1. The first-order valence-electron chi connectivity index (χ1n) is 9.88. The number of alkyl halides is 1. The molecule has 1 amide bonds. The van der Waals surface area contributed by atoms with E-state index in [-0.39, 0.29) is 47.9 Å². The molecule has 0 aliphatic carbocycles. The van der Waals surface area contributed by atoms with Gasteiger partial charge in [-0.1, -0.05) is 18.2 Å². The van der Waals surface area contributed by atoms with E-state index in [1.54, 1.807) is 6.92 Å². The second kappa shape index (κ2) is 9.91. The van der Waals surface area contributed by atoms with Crippen LogP contribution in [0.3, 0.4) is 0 Å². The zero-order valence-corrected chi connectivity index (χ0v) is 18.4. The average Bonchev–Trinajstić information content (AvgIpc) is 2.73. The molecule has 174 valence electrons. The van der Waals surface area contributed by atoms with E-state index in [1.807, 2.05) is 10.8 Å². The van der Waals surface area contributed by atoms with Gasteiger partial charge in [0.1, 0.15) is 24.4 Å². The molecule has 0 spiro atoms. The van der Waals surface area contributed by atoms with Crippen LogP contribution in [0.4, 0.5) is 14.6 Å². The van der Waals surface area contributed by atoms with E-state index in [9.17, 15) is 32.0 Å². The number of hydrogen-bond donors (Lipinski definition) is 1. The van der Waals surface area contributed by atoms with Crippen LogP contribution in [0.5, 0.6) is 0 Å². The van der Waals surface area contributed by atoms with Crippen molar-refractivity contribution in [3.05, 3.63) is 58.5 Å². The first kappa shape index (κ1) is 24.1. The molecule has 1 aromatic carbocycles. The van der Waals surface area contributed by atoms with Gasteiger partial charge in [0.05, 0.1) is 35.1 Å². The number of aromatic nitrogens is 1. The standard InChI is InChI=1S/C21H20F2N4O5S/c1-2-32-21(29)16-7-14(9-24)19(25-18(16)8-22)27-10-15(11-27)20(28)26-33(30,31)12-13-5-3-4-6-17(13)23/h3-7,15H,2,8,10-12H2,1H3,(H,26,28). The molecule has 0 unspecified atom stereocenters. The Labute approximate surface area is 189 Å². The van der Waals surface area contributed by atoms with Crippen LogP contribution in [-0.4, -0.2) is 45.0 Å². The molecule has 1 N–H and O–H groups in total. The quantitative estimate of drug-likeness (QED) is 0.569. The van der Waals surface area contributed by atoms with Crippen molar-refractivity contribution in [2.45, 2.75) is 19.4 Å². The van der Waals surface area contributed by atoms with Crippen molar-refractivity contribution in [2.24, 2.45) is 5.92 Å². The first-order valence-corrected chi connectivity index (χ1v) is 11.5. The summed E-state index contributed by atoms with van der Waals surface area (Å²) in [5.41, 5.74) is -0.450. The van der Waals surface area contributed by atoms with Gasteiger partial charge in [-0.25, -0.2) is 27.0 Å². The van der Waals surface area contributed by atoms with Crippen molar-refractivity contribution in [2.75, 3.05) is 24.6 Å². The molecule has 2 aromatic rings. The fourth-order valence-electron chi connectivity index (χ4n) is 3.26. The Bertz CT molecular complexity index is 1220. The summed E-state index contributed by atoms with van der Waals surface area (Å²) in [7, 11) is -4.13. The van der Waals surface area contributed by atoms with Crippen LogP contribution in [0.2, 0.25) is 0 Å². The molecule has 12 heteroatoms. The summed E-state index contributed by atoms with van der Waals surface area (Å²) in [5.74, 6) is -3.65. The molecular weight excluding hydrogens is 458 g/mol. The maximum Gasteiger partial charge on any atom is 0.340 e. The molecule has 1 aromatic heterocycles. The minimum atomic E-state index is -4.13. The summed E-state index contributed by atoms with van der Waals surface area (Å²) in [6.07, 6.45) is 0. The number of nitriles is 1. The van der Waals surface area contributed by atoms with Crippen molar-refractivity contribution in [1.82, 2.24) is 9.71 Å². The van der Waals surface area contributed by atoms with Crippen LogP contribution in [0, 0.1) is 23.1 Å². The van der Waals surface area contributed by atoms with Gasteiger partial charge in [0.15, 0.2) is 0 Å². The Morgan fingerprint density at radius 2 is 2.03 bits per heavy atom. The van der Waals surface area contributed by atoms with Crippen molar-refractivity contribution >= 4 is 27.7 Å². The molecule has 1 aliphatic heterocycles. The van der Waals surface area contributed by atoms with Gasteiger partial charge < -0.3 is 9.64 Å². The van der Waals surface area contributed by atoms with Gasteiger partial charge in [0.2, 0.25) is 15.9 Å². The summed E-state index contributed by atoms with van der Waals surface area (Å²) < 4.78 is 58.4. The van der Waals surface area contributed by atoms with Gasteiger partial charge in [-0.15, -0.1) is 0 Å². The number of halogens is 2. The number of pyridine rings is 1. The van der Waals surface area contributed by atoms with Gasteiger partial charge in [-0.3, -0.25) is 9.52 Å². The number of anilines is 1. The lowest BCUT2D eigenvalue weighted by molar-refractivity contribution is -0.123. The SMILES string of the molecule is CCOC(=O)c1cc(C#N)c(N2CC(C(=O)NS(=O)(=O)Cc3ccccc3F)C2)nc1CF. The third-order valence-corrected chi connectivity index (χ3v) is 6.14. The zero-order chi connectivity index (χ0) is 24.2. The Hall–Kier alpha value is -3.59. The summed E-state index contributed by atoms with van der Waals surface area (Å²) in [6, 6.07) is 8.40. The van der Waals surface area contributed by atoms with E-state index < -0.39 is 46.1 Å². The number of rotatable bonds is 8. The third kappa shape index (κ3) is 5.43. The summed E-state index contributed by atoms with van der Waals surface area (Å²) >= 11 is 0. The highest BCUT2D eigenvalue weighted by Crippen LogP contribution is 2.29. The minimum Gasteiger partial charge on any atom is -0.462 e. The smallest absolute Gasteiger partial charge is 0.340 e. The normalized spacial score (nSPS) is 13.7. The predicted octanol–water partition coefficient (Wildman–Crippen LogP) is 1.82. The lowest BCUT2D eigenvalue weighted by atomic mass is 9.98. The highest BCUT2D eigenvalue weighted by Gasteiger charge is 2.37. The maximum atomic E-state index is 13.7. The first-order chi connectivity index (χ1) is 15.7. The van der Waals surface area contributed by atoms with Gasteiger partial charge in [-0.05, 0) is 19.1 Å². The average molecular weight is 478 g/mol. The highest BCUT2D eigenvalue weighted by molar-refractivity contribution is 7.89. The fraction of sp³-hybridized carbons (Fsp3) is 0.333. The number of sulfonamides is 1. The van der Waals surface area contributed by atoms with Crippen LogP contribution >= 0.6 is 0 Å². The fourth-order valence-corrected chi connectivity index (χ4v) is 4.45. The van der Waals surface area contributed by atoms with Crippen molar-refractivity contribution < 1.29 is 31.5 Å². The van der Waals surface area contributed by atoms with Gasteiger partial charge in [0, 0.05) is 18.7 Å². The number of benzene rings is 1. The molecule has 1 aliphatic rings. The third-order valence-electron chi connectivity index (χ3n) is 4.94. The van der Waals surface area contributed by atoms with Crippen LogP contribution in [0.25, 0.3) is 0 Å². The molecule has 0 radical (unpaired) electrons. The second-order valence-corrected chi connectivity index (χ2v) is 8.96. The van der Waals surface area contributed by atoms with E-state index in [2.05, 4.69) is 4.98 Å². The lowest BCUT2D eigenvalue weighted by Crippen LogP contribution is -2.55. The second-order valence-electron chi connectivity index (χ2n) is 7.24. The van der Waals surface area contributed by atoms with E-state index in [4.69, 9.17) is 4.74 Å². The van der Waals surface area contributed by atoms with Crippen LogP contribution in [0.1, 0.15) is 34.1 Å². The summed E-state index contributed by atoms with van der Waals surface area (Å²) in [4.78, 5) is 29.9. The summed E-state index contributed by atoms with van der Waals surface area (Å²) in [6.45, 7) is 0.623. The van der Waals surface area contributed by atoms with Crippen molar-refractivity contribution in [3.8, 4) is 6.07 Å². The summed E-state index contributed by atoms with van der Waals surface area (Å²) in [5, 5.41) is 9.43. The van der Waals surface area contributed by atoms with Crippen molar-refractivity contribution in [1.29, 1.82) is 5.26 Å². The van der Waals surface area contributed by atoms with Crippen LogP contribution in [-0.2, 0) is 32.0 Å². The molecule has 1 fully saturated rings. The Balaban J connectivity index is 1.69. The molecule has 33 heavy (non-hydrogen) atoms. The molecule has 1 saturated heterocycles.